The van der Waals surface area contributed by atoms with Crippen LogP contribution in [0.5, 0.6) is 5.75 Å². The van der Waals surface area contributed by atoms with E-state index in [0.29, 0.717) is 33.6 Å². The number of nitro benzene ring substituents is 1. The largest absolute Gasteiger partial charge is 0.483 e. The number of nitro groups is 1. The van der Waals surface area contributed by atoms with Crippen molar-refractivity contribution in [3.8, 4) is 5.75 Å². The van der Waals surface area contributed by atoms with Crippen LogP contribution in [0.25, 0.3) is 0 Å². The number of hydrazone groups is 1. The molecular formula is C22H15BrF4N4O4. The van der Waals surface area contributed by atoms with E-state index in [1.165, 1.54) is 36.5 Å². The summed E-state index contributed by atoms with van der Waals surface area (Å²) in [6.45, 7) is -0.317. The van der Waals surface area contributed by atoms with Gasteiger partial charge in [0.1, 0.15) is 17.3 Å². The molecule has 0 spiro atoms. The van der Waals surface area contributed by atoms with Crippen LogP contribution in [0.1, 0.15) is 11.1 Å². The molecule has 0 aromatic heterocycles. The van der Waals surface area contributed by atoms with Gasteiger partial charge < -0.3 is 10.1 Å². The van der Waals surface area contributed by atoms with Crippen molar-refractivity contribution in [3.05, 3.63) is 92.2 Å². The predicted molar refractivity (Wildman–Crippen MR) is 124 cm³/mol. The molecule has 0 atom stereocenters. The number of nitrogens with zero attached hydrogens (tertiary/aromatic N) is 2. The van der Waals surface area contributed by atoms with Gasteiger partial charge in [-0.3, -0.25) is 20.3 Å². The summed E-state index contributed by atoms with van der Waals surface area (Å²) in [6, 6.07) is 12.0. The van der Waals surface area contributed by atoms with Gasteiger partial charge in [-0.1, -0.05) is 0 Å². The average Bonchev–Trinajstić information content (AvgIpc) is 2.79. The number of benzene rings is 3. The Morgan fingerprint density at radius 1 is 1.11 bits per heavy atom. The van der Waals surface area contributed by atoms with Crippen LogP contribution in [0.3, 0.4) is 0 Å². The number of anilines is 2. The number of rotatable bonds is 8. The highest BCUT2D eigenvalue weighted by molar-refractivity contribution is 9.10. The number of carbonyl (C=O) groups excluding carboxylic acids is 1. The second-order valence-electron chi connectivity index (χ2n) is 6.89. The Balaban J connectivity index is 1.60. The van der Waals surface area contributed by atoms with Gasteiger partial charge in [-0.25, -0.2) is 4.39 Å². The summed E-state index contributed by atoms with van der Waals surface area (Å²) in [6.07, 6.45) is -3.43. The number of ether oxygens (including phenoxy) is 1. The molecule has 0 aliphatic heterocycles. The fourth-order valence-corrected chi connectivity index (χ4v) is 3.23. The quantitative estimate of drug-likeness (QED) is 0.154. The summed E-state index contributed by atoms with van der Waals surface area (Å²) >= 11 is 3.29. The number of amides is 1. The van der Waals surface area contributed by atoms with Gasteiger partial charge in [0.05, 0.1) is 21.2 Å². The Bertz CT molecular complexity index is 1270. The van der Waals surface area contributed by atoms with Crippen LogP contribution in [0.4, 0.5) is 34.6 Å². The van der Waals surface area contributed by atoms with Crippen LogP contribution >= 0.6 is 15.9 Å². The first-order chi connectivity index (χ1) is 16.5. The SMILES string of the molecule is O=C(COc1ccc(/C=N\Nc2ccc(C(F)(F)F)cc2[N+](=O)[O-])cc1Br)Nc1ccc(F)cc1. The highest BCUT2D eigenvalue weighted by atomic mass is 79.9. The summed E-state index contributed by atoms with van der Waals surface area (Å²) in [4.78, 5) is 22.2. The Morgan fingerprint density at radius 2 is 1.83 bits per heavy atom. The molecule has 3 aromatic rings. The molecule has 3 rings (SSSR count). The minimum Gasteiger partial charge on any atom is -0.483 e. The molecule has 3 aromatic carbocycles. The molecule has 1 amide bonds. The first-order valence-electron chi connectivity index (χ1n) is 9.65. The van der Waals surface area contributed by atoms with Gasteiger partial charge in [0.25, 0.3) is 11.6 Å². The van der Waals surface area contributed by atoms with Crippen molar-refractivity contribution in [2.75, 3.05) is 17.3 Å². The molecule has 0 saturated carbocycles. The Hall–Kier alpha value is -4.00. The zero-order chi connectivity index (χ0) is 25.6. The third-order valence-corrected chi connectivity index (χ3v) is 4.98. The Kier molecular flexibility index (Phi) is 8.02. The molecule has 182 valence electrons. The van der Waals surface area contributed by atoms with Crippen LogP contribution in [0.2, 0.25) is 0 Å². The number of carbonyl (C=O) groups is 1. The molecular weight excluding hydrogens is 540 g/mol. The number of alkyl halides is 3. The first kappa shape index (κ1) is 25.6. The van der Waals surface area contributed by atoms with E-state index in [-0.39, 0.29) is 12.3 Å². The van der Waals surface area contributed by atoms with Crippen LogP contribution < -0.4 is 15.5 Å². The third-order valence-electron chi connectivity index (χ3n) is 4.36. The second kappa shape index (κ2) is 11.0. The summed E-state index contributed by atoms with van der Waals surface area (Å²) in [5.74, 6) is -0.557. The minimum absolute atomic E-state index is 0.217. The van der Waals surface area contributed by atoms with Crippen LogP contribution in [-0.4, -0.2) is 23.7 Å². The number of hydrogen-bond donors (Lipinski definition) is 2. The predicted octanol–water partition coefficient (Wildman–Crippen LogP) is 5.98. The summed E-state index contributed by atoms with van der Waals surface area (Å²) in [5, 5.41) is 17.5. The highest BCUT2D eigenvalue weighted by Crippen LogP contribution is 2.35. The van der Waals surface area contributed by atoms with Crippen molar-refractivity contribution in [3.63, 3.8) is 0 Å². The molecule has 0 heterocycles. The number of nitrogens with one attached hydrogen (secondary N) is 2. The van der Waals surface area contributed by atoms with Gasteiger partial charge in [-0.05, 0) is 76.1 Å². The van der Waals surface area contributed by atoms with E-state index in [9.17, 15) is 32.5 Å². The maximum atomic E-state index is 12.9. The summed E-state index contributed by atoms with van der Waals surface area (Å²) in [7, 11) is 0. The van der Waals surface area contributed by atoms with Crippen LogP contribution in [0, 0.1) is 15.9 Å². The Labute approximate surface area is 203 Å². The number of hydrogen-bond acceptors (Lipinski definition) is 6. The monoisotopic (exact) mass is 554 g/mol. The average molecular weight is 555 g/mol. The fraction of sp³-hybridized carbons (Fsp3) is 0.0909. The van der Waals surface area contributed by atoms with Crippen molar-refractivity contribution in [2.45, 2.75) is 6.18 Å². The molecule has 35 heavy (non-hydrogen) atoms. The molecule has 0 aliphatic rings. The summed E-state index contributed by atoms with van der Waals surface area (Å²) in [5.41, 5.74) is 1.14. The van der Waals surface area contributed by atoms with Gasteiger partial charge in [0, 0.05) is 11.8 Å². The van der Waals surface area contributed by atoms with Gasteiger partial charge in [0.2, 0.25) is 0 Å². The standard InChI is InChI=1S/C22H15BrF4N4O4/c23-17-9-13(1-8-20(17)35-12-21(32)29-16-5-3-15(24)4-6-16)11-28-30-18-7-2-14(22(25,26)27)10-19(18)31(33)34/h1-11,30H,12H2,(H,29,32)/b28-11-. The molecule has 0 unspecified atom stereocenters. The van der Waals surface area contributed by atoms with Crippen molar-refractivity contribution < 1.29 is 32.0 Å². The summed E-state index contributed by atoms with van der Waals surface area (Å²) < 4.78 is 57.2. The zero-order valence-electron chi connectivity index (χ0n) is 17.5. The van der Waals surface area contributed by atoms with E-state index in [2.05, 4.69) is 31.8 Å². The van der Waals surface area contributed by atoms with Crippen molar-refractivity contribution in [1.29, 1.82) is 0 Å². The lowest BCUT2D eigenvalue weighted by Gasteiger charge is -2.10. The normalized spacial score (nSPS) is 11.3. The molecule has 0 bridgehead atoms. The number of halogens is 5. The van der Waals surface area contributed by atoms with E-state index < -0.39 is 34.1 Å². The molecule has 0 fully saturated rings. The van der Waals surface area contributed by atoms with Crippen molar-refractivity contribution in [2.24, 2.45) is 5.10 Å². The van der Waals surface area contributed by atoms with Crippen LogP contribution in [-0.2, 0) is 11.0 Å². The van der Waals surface area contributed by atoms with Crippen molar-refractivity contribution in [1.82, 2.24) is 0 Å². The van der Waals surface area contributed by atoms with E-state index in [0.717, 1.165) is 6.07 Å². The highest BCUT2D eigenvalue weighted by Gasteiger charge is 2.33. The first-order valence-corrected chi connectivity index (χ1v) is 10.4. The lowest BCUT2D eigenvalue weighted by atomic mass is 10.1. The van der Waals surface area contributed by atoms with Gasteiger partial charge in [-0.15, -0.1) is 0 Å². The lowest BCUT2D eigenvalue weighted by Crippen LogP contribution is -2.20. The van der Waals surface area contributed by atoms with E-state index in [1.807, 2.05) is 0 Å². The third kappa shape index (κ3) is 7.24. The Morgan fingerprint density at radius 3 is 2.46 bits per heavy atom. The minimum atomic E-state index is -4.72. The molecule has 0 aliphatic carbocycles. The molecule has 0 saturated heterocycles. The molecule has 0 radical (unpaired) electrons. The maximum absolute atomic E-state index is 12.9. The topological polar surface area (TPSA) is 106 Å². The second-order valence-corrected chi connectivity index (χ2v) is 7.74. The van der Waals surface area contributed by atoms with Crippen molar-refractivity contribution >= 4 is 45.1 Å². The zero-order valence-corrected chi connectivity index (χ0v) is 19.1. The molecule has 8 nitrogen and oxygen atoms in total. The van der Waals surface area contributed by atoms with Gasteiger partial charge in [0.15, 0.2) is 6.61 Å². The van der Waals surface area contributed by atoms with Gasteiger partial charge >= 0.3 is 6.18 Å². The van der Waals surface area contributed by atoms with E-state index in [4.69, 9.17) is 4.74 Å². The fourth-order valence-electron chi connectivity index (χ4n) is 2.72. The lowest BCUT2D eigenvalue weighted by molar-refractivity contribution is -0.384. The molecule has 2 N–H and O–H groups in total. The van der Waals surface area contributed by atoms with E-state index in [1.54, 1.807) is 12.1 Å². The van der Waals surface area contributed by atoms with Crippen LogP contribution in [0.15, 0.2) is 70.2 Å². The van der Waals surface area contributed by atoms with Gasteiger partial charge in [-0.2, -0.15) is 18.3 Å². The maximum Gasteiger partial charge on any atom is 0.416 e. The smallest absolute Gasteiger partial charge is 0.416 e. The van der Waals surface area contributed by atoms with E-state index >= 15 is 0 Å². The molecule has 13 heteroatoms.